The Morgan fingerprint density at radius 2 is 1.92 bits per heavy atom. The Kier molecular flexibility index (Phi) is 4.11. The van der Waals surface area contributed by atoms with Gasteiger partial charge in [0.2, 0.25) is 5.95 Å². The SMILES string of the molecule is Nc1ncc2c(n1)CCN(Cc1cncc(-c3ccc(F)cc3)c1)C2. The minimum Gasteiger partial charge on any atom is -0.368 e. The molecule has 0 bridgehead atoms. The van der Waals surface area contributed by atoms with Crippen LogP contribution in [0, 0.1) is 5.82 Å². The van der Waals surface area contributed by atoms with Gasteiger partial charge in [-0.25, -0.2) is 14.4 Å². The lowest BCUT2D eigenvalue weighted by atomic mass is 10.0. The maximum absolute atomic E-state index is 13.1. The number of fused-ring (bicyclic) bond motifs is 1. The highest BCUT2D eigenvalue weighted by atomic mass is 19.1. The normalized spacial score (nSPS) is 14.3. The number of benzene rings is 1. The van der Waals surface area contributed by atoms with Crippen molar-refractivity contribution in [2.45, 2.75) is 19.5 Å². The molecule has 3 heterocycles. The van der Waals surface area contributed by atoms with Gasteiger partial charge in [-0.1, -0.05) is 12.1 Å². The lowest BCUT2D eigenvalue weighted by Gasteiger charge is -2.27. The molecule has 0 amide bonds. The van der Waals surface area contributed by atoms with E-state index in [0.717, 1.165) is 54.0 Å². The van der Waals surface area contributed by atoms with Crippen molar-refractivity contribution < 1.29 is 4.39 Å². The van der Waals surface area contributed by atoms with Crippen LogP contribution in [0.1, 0.15) is 16.8 Å². The highest BCUT2D eigenvalue weighted by Crippen LogP contribution is 2.22. The zero-order valence-corrected chi connectivity index (χ0v) is 13.7. The van der Waals surface area contributed by atoms with Gasteiger partial charge in [0, 0.05) is 55.8 Å². The third-order valence-corrected chi connectivity index (χ3v) is 4.41. The van der Waals surface area contributed by atoms with E-state index in [1.807, 2.05) is 12.4 Å². The average molecular weight is 335 g/mol. The summed E-state index contributed by atoms with van der Waals surface area (Å²) in [6, 6.07) is 8.59. The van der Waals surface area contributed by atoms with Crippen LogP contribution in [0.5, 0.6) is 0 Å². The number of aromatic nitrogens is 3. The van der Waals surface area contributed by atoms with Crippen LogP contribution >= 0.6 is 0 Å². The zero-order valence-electron chi connectivity index (χ0n) is 13.7. The standard InChI is InChI=1S/C19H18FN5/c20-17-3-1-14(2-4-17)15-7-13(8-22-9-15)11-25-6-5-18-16(12-25)10-23-19(21)24-18/h1-4,7-10H,5-6,11-12H2,(H2,21,23,24). The van der Waals surface area contributed by atoms with Gasteiger partial charge in [0.1, 0.15) is 5.82 Å². The highest BCUT2D eigenvalue weighted by molar-refractivity contribution is 5.62. The van der Waals surface area contributed by atoms with E-state index >= 15 is 0 Å². The van der Waals surface area contributed by atoms with Crippen LogP contribution in [0.2, 0.25) is 0 Å². The van der Waals surface area contributed by atoms with Crippen LogP contribution in [0.3, 0.4) is 0 Å². The summed E-state index contributed by atoms with van der Waals surface area (Å²) in [5, 5.41) is 0. The van der Waals surface area contributed by atoms with Gasteiger partial charge < -0.3 is 5.73 Å². The molecule has 2 N–H and O–H groups in total. The molecule has 3 aromatic rings. The number of nitrogen functional groups attached to an aromatic ring is 1. The number of hydrogen-bond donors (Lipinski definition) is 1. The summed E-state index contributed by atoms with van der Waals surface area (Å²) in [6.07, 6.45) is 6.37. The first kappa shape index (κ1) is 15.7. The Labute approximate surface area is 145 Å². The molecule has 2 aromatic heterocycles. The Morgan fingerprint density at radius 1 is 1.08 bits per heavy atom. The summed E-state index contributed by atoms with van der Waals surface area (Å²) in [5.41, 5.74) is 10.9. The van der Waals surface area contributed by atoms with E-state index < -0.39 is 0 Å². The van der Waals surface area contributed by atoms with Crippen molar-refractivity contribution in [2.24, 2.45) is 0 Å². The van der Waals surface area contributed by atoms with Crippen molar-refractivity contribution in [3.8, 4) is 11.1 Å². The van der Waals surface area contributed by atoms with Crippen LogP contribution in [0.25, 0.3) is 11.1 Å². The Hall–Kier alpha value is -2.86. The second-order valence-electron chi connectivity index (χ2n) is 6.25. The van der Waals surface area contributed by atoms with Crippen LogP contribution in [-0.4, -0.2) is 26.4 Å². The predicted molar refractivity (Wildman–Crippen MR) is 93.9 cm³/mol. The maximum atomic E-state index is 13.1. The summed E-state index contributed by atoms with van der Waals surface area (Å²) < 4.78 is 13.1. The van der Waals surface area contributed by atoms with E-state index in [1.54, 1.807) is 18.3 Å². The first-order chi connectivity index (χ1) is 12.2. The predicted octanol–water partition coefficient (Wildman–Crippen LogP) is 2.82. The number of rotatable bonds is 3. The summed E-state index contributed by atoms with van der Waals surface area (Å²) in [5.74, 6) is 0.103. The fourth-order valence-corrected chi connectivity index (χ4v) is 3.16. The topological polar surface area (TPSA) is 67.9 Å². The first-order valence-corrected chi connectivity index (χ1v) is 8.20. The summed E-state index contributed by atoms with van der Waals surface area (Å²) in [4.78, 5) is 15.1. The molecule has 126 valence electrons. The Bertz CT molecular complexity index is 895. The van der Waals surface area contributed by atoms with Gasteiger partial charge in [0.05, 0.1) is 5.69 Å². The largest absolute Gasteiger partial charge is 0.368 e. The molecule has 0 unspecified atom stereocenters. The molecule has 0 saturated heterocycles. The fraction of sp³-hybridized carbons (Fsp3) is 0.211. The van der Waals surface area contributed by atoms with E-state index in [9.17, 15) is 4.39 Å². The molecule has 1 aliphatic heterocycles. The molecule has 25 heavy (non-hydrogen) atoms. The first-order valence-electron chi connectivity index (χ1n) is 8.20. The van der Waals surface area contributed by atoms with Gasteiger partial charge in [0.15, 0.2) is 0 Å². The van der Waals surface area contributed by atoms with Crippen molar-refractivity contribution >= 4 is 5.95 Å². The van der Waals surface area contributed by atoms with Crippen LogP contribution in [-0.2, 0) is 19.5 Å². The summed E-state index contributed by atoms with van der Waals surface area (Å²) >= 11 is 0. The molecular formula is C19H18FN5. The summed E-state index contributed by atoms with van der Waals surface area (Å²) in [7, 11) is 0. The second kappa shape index (κ2) is 6.57. The van der Waals surface area contributed by atoms with Crippen LogP contribution in [0.4, 0.5) is 10.3 Å². The van der Waals surface area contributed by atoms with Gasteiger partial charge >= 0.3 is 0 Å². The van der Waals surface area contributed by atoms with Gasteiger partial charge in [0.25, 0.3) is 0 Å². The minimum atomic E-state index is -0.234. The molecule has 0 atom stereocenters. The number of pyridine rings is 1. The number of halogens is 1. The maximum Gasteiger partial charge on any atom is 0.220 e. The number of nitrogens with two attached hydrogens (primary N) is 1. The van der Waals surface area contributed by atoms with Crippen molar-refractivity contribution in [1.82, 2.24) is 19.9 Å². The molecule has 1 aromatic carbocycles. The lowest BCUT2D eigenvalue weighted by Crippen LogP contribution is -2.31. The average Bonchev–Trinajstić information content (AvgIpc) is 2.63. The van der Waals surface area contributed by atoms with Crippen LogP contribution in [0.15, 0.2) is 48.9 Å². The van der Waals surface area contributed by atoms with E-state index in [0.29, 0.717) is 5.95 Å². The molecular weight excluding hydrogens is 317 g/mol. The van der Waals surface area contributed by atoms with Crippen molar-refractivity contribution in [1.29, 1.82) is 0 Å². The fourth-order valence-electron chi connectivity index (χ4n) is 3.16. The number of anilines is 1. The minimum absolute atomic E-state index is 0.234. The monoisotopic (exact) mass is 335 g/mol. The molecule has 4 rings (SSSR count). The van der Waals surface area contributed by atoms with Gasteiger partial charge in [-0.2, -0.15) is 0 Å². The third-order valence-electron chi connectivity index (χ3n) is 4.41. The Balaban J connectivity index is 1.51. The molecule has 1 aliphatic rings. The van der Waals surface area contributed by atoms with Gasteiger partial charge in [-0.05, 0) is 29.3 Å². The molecule has 0 saturated carbocycles. The lowest BCUT2D eigenvalue weighted by molar-refractivity contribution is 0.243. The van der Waals surface area contributed by atoms with Crippen molar-refractivity contribution in [3.05, 3.63) is 71.6 Å². The molecule has 0 radical (unpaired) electrons. The van der Waals surface area contributed by atoms with E-state index in [1.165, 1.54) is 12.1 Å². The third kappa shape index (κ3) is 3.49. The summed E-state index contributed by atoms with van der Waals surface area (Å²) in [6.45, 7) is 2.52. The highest BCUT2D eigenvalue weighted by Gasteiger charge is 2.18. The zero-order chi connectivity index (χ0) is 17.2. The van der Waals surface area contributed by atoms with Crippen molar-refractivity contribution in [2.75, 3.05) is 12.3 Å². The second-order valence-corrected chi connectivity index (χ2v) is 6.25. The Morgan fingerprint density at radius 3 is 2.76 bits per heavy atom. The molecule has 0 spiro atoms. The molecule has 0 fully saturated rings. The number of nitrogens with zero attached hydrogens (tertiary/aromatic N) is 4. The van der Waals surface area contributed by atoms with Crippen LogP contribution < -0.4 is 5.73 Å². The van der Waals surface area contributed by atoms with E-state index in [4.69, 9.17) is 5.73 Å². The molecule has 6 heteroatoms. The smallest absolute Gasteiger partial charge is 0.220 e. The quantitative estimate of drug-likeness (QED) is 0.797. The van der Waals surface area contributed by atoms with Gasteiger partial charge in [-0.15, -0.1) is 0 Å². The molecule has 5 nitrogen and oxygen atoms in total. The molecule has 0 aliphatic carbocycles. The van der Waals surface area contributed by atoms with Crippen molar-refractivity contribution in [3.63, 3.8) is 0 Å². The number of hydrogen-bond acceptors (Lipinski definition) is 5. The van der Waals surface area contributed by atoms with Gasteiger partial charge in [-0.3, -0.25) is 9.88 Å². The van der Waals surface area contributed by atoms with E-state index in [2.05, 4.69) is 25.9 Å². The van der Waals surface area contributed by atoms with E-state index in [-0.39, 0.29) is 5.82 Å².